The Kier molecular flexibility index (Phi) is 3.28. The maximum absolute atomic E-state index is 12.6. The van der Waals surface area contributed by atoms with Gasteiger partial charge in [-0.3, -0.25) is 4.79 Å². The van der Waals surface area contributed by atoms with E-state index in [2.05, 4.69) is 29.6 Å². The van der Waals surface area contributed by atoms with Crippen molar-refractivity contribution in [2.45, 2.75) is 25.8 Å². The average Bonchev–Trinajstić information content (AvgIpc) is 3.23. The van der Waals surface area contributed by atoms with Crippen LogP contribution < -0.4 is 4.90 Å². The largest absolute Gasteiger partial charge is 0.338 e. The van der Waals surface area contributed by atoms with Gasteiger partial charge in [-0.25, -0.2) is 10.1 Å². The number of imidazole rings is 1. The predicted molar refractivity (Wildman–Crippen MR) is 79.7 cm³/mol. The van der Waals surface area contributed by atoms with Crippen molar-refractivity contribution in [1.82, 2.24) is 29.6 Å². The molecule has 1 saturated heterocycles. The van der Waals surface area contributed by atoms with Crippen molar-refractivity contribution in [3.63, 3.8) is 0 Å². The number of nitrogens with one attached hydrogen (secondary N) is 1. The number of H-pyrrole nitrogens is 1. The molecule has 0 saturated carbocycles. The van der Waals surface area contributed by atoms with E-state index in [0.717, 1.165) is 37.8 Å². The fourth-order valence-electron chi connectivity index (χ4n) is 3.15. The van der Waals surface area contributed by atoms with Crippen LogP contribution in [0.25, 0.3) is 0 Å². The second-order valence-corrected chi connectivity index (χ2v) is 5.78. The lowest BCUT2D eigenvalue weighted by atomic mass is 10.2. The first-order valence-corrected chi connectivity index (χ1v) is 7.77. The zero-order valence-corrected chi connectivity index (χ0v) is 12.4. The number of carbonyl (C=O) groups excluding carboxylic acids is 1. The fourth-order valence-corrected chi connectivity index (χ4v) is 3.15. The van der Waals surface area contributed by atoms with Crippen molar-refractivity contribution < 1.29 is 4.79 Å². The fraction of sp³-hybridized carbons (Fsp3) is 0.571. The number of rotatable bonds is 2. The number of aromatic amines is 1. The molecule has 2 aromatic rings. The first-order valence-electron chi connectivity index (χ1n) is 7.77. The number of anilines is 1. The van der Waals surface area contributed by atoms with Crippen LogP contribution in [0.15, 0.2) is 12.5 Å². The van der Waals surface area contributed by atoms with Gasteiger partial charge < -0.3 is 14.4 Å². The summed E-state index contributed by atoms with van der Waals surface area (Å²) in [6.45, 7) is 3.86. The smallest absolute Gasteiger partial charge is 0.274 e. The van der Waals surface area contributed by atoms with Crippen LogP contribution in [-0.2, 0) is 13.0 Å². The van der Waals surface area contributed by atoms with E-state index in [1.165, 1.54) is 19.2 Å². The Bertz CT molecular complexity index is 631. The normalized spacial score (nSPS) is 18.4. The zero-order chi connectivity index (χ0) is 14.9. The molecule has 0 radical (unpaired) electrons. The summed E-state index contributed by atoms with van der Waals surface area (Å²) in [5.74, 6) is 1.86. The average molecular weight is 301 g/mol. The molecule has 0 aromatic carbocycles. The van der Waals surface area contributed by atoms with Crippen LogP contribution in [0.2, 0.25) is 0 Å². The van der Waals surface area contributed by atoms with Gasteiger partial charge in [0.05, 0.1) is 0 Å². The van der Waals surface area contributed by atoms with Crippen LogP contribution in [0, 0.1) is 0 Å². The molecule has 116 valence electrons. The van der Waals surface area contributed by atoms with Crippen molar-refractivity contribution in [2.24, 2.45) is 0 Å². The summed E-state index contributed by atoms with van der Waals surface area (Å²) in [6.07, 6.45) is 6.74. The van der Waals surface area contributed by atoms with Crippen molar-refractivity contribution in [1.29, 1.82) is 0 Å². The van der Waals surface area contributed by atoms with E-state index in [-0.39, 0.29) is 5.91 Å². The summed E-state index contributed by atoms with van der Waals surface area (Å²) < 4.78 is 2.13. The van der Waals surface area contributed by atoms with Gasteiger partial charge in [-0.05, 0) is 12.8 Å². The van der Waals surface area contributed by atoms with Gasteiger partial charge in [-0.15, -0.1) is 0 Å². The van der Waals surface area contributed by atoms with E-state index in [4.69, 9.17) is 0 Å². The second kappa shape index (κ2) is 5.43. The molecule has 1 amide bonds. The lowest BCUT2D eigenvalue weighted by molar-refractivity contribution is 0.0740. The molecule has 8 nitrogen and oxygen atoms in total. The third-order valence-electron chi connectivity index (χ3n) is 4.40. The van der Waals surface area contributed by atoms with Gasteiger partial charge in [-0.2, -0.15) is 10.1 Å². The summed E-state index contributed by atoms with van der Waals surface area (Å²) in [6, 6.07) is 0. The summed E-state index contributed by atoms with van der Waals surface area (Å²) in [5.41, 5.74) is 0.588. The van der Waals surface area contributed by atoms with E-state index in [1.807, 2.05) is 11.1 Å². The molecule has 22 heavy (non-hydrogen) atoms. The molecule has 8 heteroatoms. The van der Waals surface area contributed by atoms with Crippen LogP contribution in [0.5, 0.6) is 0 Å². The molecule has 0 atom stereocenters. The van der Waals surface area contributed by atoms with Crippen LogP contribution >= 0.6 is 0 Å². The quantitative estimate of drug-likeness (QED) is 0.862. The number of amides is 1. The Morgan fingerprint density at radius 3 is 2.73 bits per heavy atom. The molecule has 0 aliphatic carbocycles. The Morgan fingerprint density at radius 1 is 1.14 bits per heavy atom. The van der Waals surface area contributed by atoms with Gasteiger partial charge in [0.1, 0.15) is 17.8 Å². The van der Waals surface area contributed by atoms with Gasteiger partial charge in [0.2, 0.25) is 5.95 Å². The van der Waals surface area contributed by atoms with Gasteiger partial charge in [-0.1, -0.05) is 0 Å². The van der Waals surface area contributed by atoms with Crippen LogP contribution in [0.1, 0.15) is 29.2 Å². The van der Waals surface area contributed by atoms with Crippen molar-refractivity contribution in [2.75, 3.05) is 31.1 Å². The molecule has 0 spiro atoms. The number of fused-ring (bicyclic) bond motifs is 1. The molecule has 4 rings (SSSR count). The van der Waals surface area contributed by atoms with Gasteiger partial charge in [0.15, 0.2) is 0 Å². The highest BCUT2D eigenvalue weighted by molar-refractivity contribution is 5.92. The minimum absolute atomic E-state index is 0.0409. The molecule has 2 aliphatic heterocycles. The zero-order valence-electron chi connectivity index (χ0n) is 12.4. The van der Waals surface area contributed by atoms with Gasteiger partial charge in [0, 0.05) is 45.3 Å². The van der Waals surface area contributed by atoms with Crippen LogP contribution in [0.3, 0.4) is 0 Å². The van der Waals surface area contributed by atoms with Gasteiger partial charge in [0.25, 0.3) is 5.91 Å². The SMILES string of the molecule is O=C(c1cn2c(n1)CCCC2)N1CCN(c2ncn[nH]2)CC1. The lowest BCUT2D eigenvalue weighted by Gasteiger charge is -2.33. The standard InChI is InChI=1S/C14H19N7O/c22-13(11-9-21-4-2-1-3-12(21)17-11)19-5-7-20(8-6-19)14-15-10-16-18-14/h9-10H,1-8H2,(H,15,16,18). The number of aromatic nitrogens is 5. The Balaban J connectivity index is 1.42. The predicted octanol–water partition coefficient (Wildman–Crippen LogP) is 0.300. The Morgan fingerprint density at radius 2 is 2.00 bits per heavy atom. The topological polar surface area (TPSA) is 82.9 Å². The summed E-state index contributed by atoms with van der Waals surface area (Å²) in [5, 5.41) is 6.73. The number of piperazine rings is 1. The number of hydrogen-bond donors (Lipinski definition) is 1. The molecular weight excluding hydrogens is 282 g/mol. The number of hydrogen-bond acceptors (Lipinski definition) is 5. The molecule has 1 fully saturated rings. The van der Waals surface area contributed by atoms with E-state index >= 15 is 0 Å². The van der Waals surface area contributed by atoms with E-state index in [0.29, 0.717) is 18.8 Å². The molecule has 0 unspecified atom stereocenters. The number of nitrogens with zero attached hydrogens (tertiary/aromatic N) is 6. The number of aryl methyl sites for hydroxylation is 2. The van der Waals surface area contributed by atoms with E-state index in [1.54, 1.807) is 0 Å². The lowest BCUT2D eigenvalue weighted by Crippen LogP contribution is -2.49. The Hall–Kier alpha value is -2.38. The molecule has 0 bridgehead atoms. The van der Waals surface area contributed by atoms with Crippen molar-refractivity contribution >= 4 is 11.9 Å². The molecule has 2 aromatic heterocycles. The van der Waals surface area contributed by atoms with Crippen molar-refractivity contribution in [3.8, 4) is 0 Å². The van der Waals surface area contributed by atoms with Crippen LogP contribution in [0.4, 0.5) is 5.95 Å². The summed E-state index contributed by atoms with van der Waals surface area (Å²) in [4.78, 5) is 25.3. The minimum atomic E-state index is 0.0409. The molecule has 2 aliphatic rings. The first-order chi connectivity index (χ1) is 10.8. The first kappa shape index (κ1) is 13.3. The highest BCUT2D eigenvalue weighted by atomic mass is 16.2. The summed E-state index contributed by atoms with van der Waals surface area (Å²) in [7, 11) is 0. The maximum Gasteiger partial charge on any atom is 0.274 e. The van der Waals surface area contributed by atoms with E-state index in [9.17, 15) is 4.79 Å². The highest BCUT2D eigenvalue weighted by Crippen LogP contribution is 2.17. The van der Waals surface area contributed by atoms with E-state index < -0.39 is 0 Å². The third kappa shape index (κ3) is 2.34. The second-order valence-electron chi connectivity index (χ2n) is 5.78. The molecule has 4 heterocycles. The highest BCUT2D eigenvalue weighted by Gasteiger charge is 2.26. The van der Waals surface area contributed by atoms with Gasteiger partial charge >= 0.3 is 0 Å². The maximum atomic E-state index is 12.6. The third-order valence-corrected chi connectivity index (χ3v) is 4.40. The monoisotopic (exact) mass is 301 g/mol. The minimum Gasteiger partial charge on any atom is -0.338 e. The van der Waals surface area contributed by atoms with Crippen molar-refractivity contribution in [3.05, 3.63) is 24.0 Å². The Labute approximate surface area is 128 Å². The summed E-state index contributed by atoms with van der Waals surface area (Å²) >= 11 is 0. The number of carbonyl (C=O) groups is 1. The van der Waals surface area contributed by atoms with Crippen LogP contribution in [-0.4, -0.2) is 61.7 Å². The molecular formula is C14H19N7O. The molecule has 1 N–H and O–H groups in total.